The summed E-state index contributed by atoms with van der Waals surface area (Å²) in [6.45, 7) is 6.54. The first-order chi connectivity index (χ1) is 24.9. The lowest BCUT2D eigenvalue weighted by Gasteiger charge is -2.40. The van der Waals surface area contributed by atoms with E-state index in [1.54, 1.807) is 37.4 Å². The van der Waals surface area contributed by atoms with Crippen LogP contribution >= 0.6 is 23.2 Å². The van der Waals surface area contributed by atoms with Crippen molar-refractivity contribution in [3.63, 3.8) is 0 Å². The number of unbranched alkanes of at least 4 members (excludes halogenated alkanes) is 5. The van der Waals surface area contributed by atoms with Crippen molar-refractivity contribution >= 4 is 46.4 Å². The first-order valence-electron chi connectivity index (χ1n) is 18.0. The molecule has 2 saturated heterocycles. The minimum atomic E-state index is -0.994. The number of nitrogens with one attached hydrogen (secondary N) is 1. The molecular formula is C42H46Cl2FN4O3+. The summed E-state index contributed by atoms with van der Waals surface area (Å²) in [7, 11) is 3.10. The van der Waals surface area contributed by atoms with Gasteiger partial charge in [-0.15, -0.1) is 12.3 Å². The Bertz CT molecular complexity index is 1980. The molecule has 10 heteroatoms. The molecule has 7 nitrogen and oxygen atoms in total. The fourth-order valence-electron chi connectivity index (χ4n) is 8.62. The van der Waals surface area contributed by atoms with Crippen molar-refractivity contribution in [1.29, 1.82) is 0 Å². The normalized spacial score (nSPS) is 23.3. The third kappa shape index (κ3) is 6.66. The Labute approximate surface area is 316 Å². The maximum Gasteiger partial charge on any atom is 0.346 e. The van der Waals surface area contributed by atoms with E-state index in [0.29, 0.717) is 46.1 Å². The Hall–Kier alpha value is -4.08. The lowest BCUT2D eigenvalue weighted by Crippen LogP contribution is -2.51. The van der Waals surface area contributed by atoms with Gasteiger partial charge in [0.1, 0.15) is 17.6 Å². The zero-order valence-electron chi connectivity index (χ0n) is 30.4. The molecule has 3 heterocycles. The van der Waals surface area contributed by atoms with Gasteiger partial charge in [-0.3, -0.25) is 19.4 Å². The summed E-state index contributed by atoms with van der Waals surface area (Å²) in [6, 6.07) is 18.1. The number of ether oxygens (including phenoxy) is 1. The van der Waals surface area contributed by atoms with Crippen LogP contribution in [0, 0.1) is 29.6 Å². The van der Waals surface area contributed by atoms with E-state index in [4.69, 9.17) is 39.2 Å². The van der Waals surface area contributed by atoms with Gasteiger partial charge in [-0.05, 0) is 71.5 Å². The number of rotatable bonds is 12. The SMILES string of the molecule is C#CCCCCCCCC1N(c2ccc(C(=O)NC)cc2OC)C(=O)[C@H]2[C@H](c3cccc(Cl)c3F)[C@]3(C#[N+]c4cc(Cl)ccc43)[C@H](CC(C)(C)C)N12. The summed E-state index contributed by atoms with van der Waals surface area (Å²) >= 11 is 13.0. The van der Waals surface area contributed by atoms with Gasteiger partial charge in [0.25, 0.3) is 12.0 Å². The van der Waals surface area contributed by atoms with Gasteiger partial charge in [0.15, 0.2) is 5.41 Å². The van der Waals surface area contributed by atoms with Crippen molar-refractivity contribution in [2.24, 2.45) is 5.41 Å². The molecule has 3 aliphatic heterocycles. The quantitative estimate of drug-likeness (QED) is 0.148. The van der Waals surface area contributed by atoms with E-state index in [0.717, 1.165) is 44.1 Å². The van der Waals surface area contributed by atoms with Crippen molar-refractivity contribution in [2.75, 3.05) is 19.1 Å². The molecule has 6 rings (SSSR count). The molecule has 0 aromatic heterocycles. The maximum absolute atomic E-state index is 16.5. The number of amides is 2. The predicted octanol–water partition coefficient (Wildman–Crippen LogP) is 9.73. The summed E-state index contributed by atoms with van der Waals surface area (Å²) in [6.07, 6.45) is 12.0. The second-order valence-electron chi connectivity index (χ2n) is 15.2. The number of carbonyl (C=O) groups excluding carboxylic acids is 2. The molecule has 2 fully saturated rings. The highest BCUT2D eigenvalue weighted by molar-refractivity contribution is 6.31. The largest absolute Gasteiger partial charge is 0.495 e. The topological polar surface area (TPSA) is 66.2 Å². The van der Waals surface area contributed by atoms with Crippen LogP contribution in [0.5, 0.6) is 5.75 Å². The Kier molecular flexibility index (Phi) is 10.9. The van der Waals surface area contributed by atoms with Gasteiger partial charge in [-0.1, -0.05) is 81.8 Å². The molecule has 3 aromatic carbocycles. The van der Waals surface area contributed by atoms with E-state index in [-0.39, 0.29) is 28.3 Å². The highest BCUT2D eigenvalue weighted by Crippen LogP contribution is 2.63. The second-order valence-corrected chi connectivity index (χ2v) is 16.1. The summed E-state index contributed by atoms with van der Waals surface area (Å²) in [5.41, 5.74) is 1.64. The summed E-state index contributed by atoms with van der Waals surface area (Å²) < 4.78 is 22.4. The van der Waals surface area contributed by atoms with Gasteiger partial charge >= 0.3 is 5.69 Å². The molecular weight excluding hydrogens is 698 g/mol. The average molecular weight is 745 g/mol. The van der Waals surface area contributed by atoms with E-state index in [1.807, 2.05) is 23.1 Å². The van der Waals surface area contributed by atoms with Crippen LogP contribution in [0.2, 0.25) is 10.0 Å². The van der Waals surface area contributed by atoms with E-state index in [9.17, 15) is 4.79 Å². The minimum Gasteiger partial charge on any atom is -0.495 e. The number of methoxy groups -OCH3 is 1. The number of carbonyl (C=O) groups is 2. The fourth-order valence-corrected chi connectivity index (χ4v) is 8.97. The number of terminal acetylenes is 1. The Morgan fingerprint density at radius 3 is 2.56 bits per heavy atom. The van der Waals surface area contributed by atoms with Gasteiger partial charge in [-0.25, -0.2) is 4.39 Å². The van der Waals surface area contributed by atoms with Crippen LogP contribution in [0.15, 0.2) is 54.6 Å². The van der Waals surface area contributed by atoms with Crippen LogP contribution in [-0.4, -0.2) is 49.1 Å². The number of hydrogen-bond donors (Lipinski definition) is 1. The van der Waals surface area contributed by atoms with Gasteiger partial charge < -0.3 is 10.1 Å². The molecule has 1 N–H and O–H groups in total. The van der Waals surface area contributed by atoms with Crippen LogP contribution in [-0.2, 0) is 10.2 Å². The van der Waals surface area contributed by atoms with Crippen molar-refractivity contribution in [1.82, 2.24) is 10.2 Å². The van der Waals surface area contributed by atoms with E-state index >= 15 is 9.18 Å². The van der Waals surface area contributed by atoms with Crippen LogP contribution in [0.3, 0.4) is 0 Å². The van der Waals surface area contributed by atoms with Gasteiger partial charge in [-0.2, -0.15) is 0 Å². The van der Waals surface area contributed by atoms with Crippen molar-refractivity contribution in [3.8, 4) is 24.2 Å². The smallest absolute Gasteiger partial charge is 0.346 e. The molecule has 1 unspecified atom stereocenters. The summed E-state index contributed by atoms with van der Waals surface area (Å²) in [5.74, 6) is 1.38. The molecule has 2 amide bonds. The third-order valence-electron chi connectivity index (χ3n) is 10.7. The minimum absolute atomic E-state index is 0.0140. The second kappa shape index (κ2) is 15.1. The van der Waals surface area contributed by atoms with E-state index in [1.165, 1.54) is 13.2 Å². The fraction of sp³-hybridized carbons (Fsp3) is 0.452. The summed E-state index contributed by atoms with van der Waals surface area (Å²) in [5, 5.41) is 3.18. The molecule has 0 saturated carbocycles. The van der Waals surface area contributed by atoms with Crippen molar-refractivity contribution in [2.45, 2.75) is 102 Å². The highest BCUT2D eigenvalue weighted by Gasteiger charge is 2.73. The molecule has 52 heavy (non-hydrogen) atoms. The molecule has 272 valence electrons. The van der Waals surface area contributed by atoms with Crippen molar-refractivity contribution < 1.29 is 18.7 Å². The lowest BCUT2D eigenvalue weighted by molar-refractivity contribution is -0.119. The van der Waals surface area contributed by atoms with Gasteiger partial charge in [0.05, 0.1) is 29.5 Å². The van der Waals surface area contributed by atoms with Gasteiger partial charge in [0, 0.05) is 42.1 Å². The van der Waals surface area contributed by atoms with Crippen LogP contribution in [0.4, 0.5) is 15.8 Å². The number of halogens is 3. The highest BCUT2D eigenvalue weighted by atomic mass is 35.5. The number of hydrogen-bond acceptors (Lipinski definition) is 4. The predicted molar refractivity (Wildman–Crippen MR) is 206 cm³/mol. The maximum atomic E-state index is 16.5. The first kappa shape index (κ1) is 37.7. The van der Waals surface area contributed by atoms with Gasteiger partial charge in [0.2, 0.25) is 5.91 Å². The standard InChI is InChI=1S/C42H45Cl2FN4O3/c1-7-8-9-10-11-12-13-17-35-48(32-21-18-26(39(50)46-5)22-33(32)52-6)40(51)38-36(28-15-14-16-30(44)37(28)45)42(34(49(35)38)24-41(2,3)4)25-47-31-23-27(43)19-20-29(31)42/h1,14-16,18-23,34-36,38H,8-13,17,24H2,2-6H3/p+1/t34-,35?,36-,38+,42-/m0/s1. The molecule has 0 aliphatic carbocycles. The van der Waals surface area contributed by atoms with Crippen LogP contribution < -0.4 is 15.0 Å². The molecule has 5 atom stereocenters. The first-order valence-corrected chi connectivity index (χ1v) is 18.8. The third-order valence-corrected chi connectivity index (χ3v) is 11.3. The monoisotopic (exact) mass is 743 g/mol. The zero-order valence-corrected chi connectivity index (χ0v) is 32.0. The average Bonchev–Trinajstić information content (AvgIpc) is 3.72. The van der Waals surface area contributed by atoms with Crippen LogP contribution in [0.25, 0.3) is 4.85 Å². The zero-order chi connectivity index (χ0) is 37.4. The molecule has 1 spiro atoms. The Morgan fingerprint density at radius 2 is 1.85 bits per heavy atom. The number of nitrogens with zero attached hydrogens (tertiary/aromatic N) is 3. The summed E-state index contributed by atoms with van der Waals surface area (Å²) in [4.78, 5) is 37.0. The van der Waals surface area contributed by atoms with E-state index in [2.05, 4.69) is 43.0 Å². The Balaban J connectivity index is 1.56. The molecule has 3 aliphatic rings. The molecule has 0 radical (unpaired) electrons. The van der Waals surface area contributed by atoms with E-state index < -0.39 is 29.4 Å². The number of anilines is 1. The Morgan fingerprint density at radius 1 is 1.10 bits per heavy atom. The van der Waals surface area contributed by atoms with Crippen LogP contribution in [0.1, 0.15) is 99.5 Å². The lowest BCUT2D eigenvalue weighted by atomic mass is 9.63. The molecule has 0 bridgehead atoms. The number of benzene rings is 3. The van der Waals surface area contributed by atoms with Crippen molar-refractivity contribution in [3.05, 3.63) is 92.0 Å². The molecule has 3 aromatic rings. The number of fused-ring (bicyclic) bond motifs is 3.